The van der Waals surface area contributed by atoms with E-state index in [1.165, 1.54) is 4.90 Å². The summed E-state index contributed by atoms with van der Waals surface area (Å²) in [7, 11) is 1.59. The number of pyridine rings is 1. The molecule has 2 aromatic carbocycles. The van der Waals surface area contributed by atoms with Crippen molar-refractivity contribution in [3.05, 3.63) is 97.9 Å². The number of rotatable bonds is 3. The highest BCUT2D eigenvalue weighted by Gasteiger charge is 2.44. The van der Waals surface area contributed by atoms with E-state index in [4.69, 9.17) is 9.15 Å². The number of hydrogen-bond donors (Lipinski definition) is 0. The molecule has 154 valence electrons. The molecule has 0 N–H and O–H groups in total. The second-order valence-corrected chi connectivity index (χ2v) is 8.27. The van der Waals surface area contributed by atoms with Crippen molar-refractivity contribution in [1.29, 1.82) is 0 Å². The number of methoxy groups -OCH3 is 1. The maximum absolute atomic E-state index is 13.6. The van der Waals surface area contributed by atoms with Gasteiger partial charge in [0.15, 0.2) is 5.43 Å². The maximum Gasteiger partial charge on any atom is 0.296 e. The van der Waals surface area contributed by atoms with Crippen molar-refractivity contribution in [3.8, 4) is 5.75 Å². The van der Waals surface area contributed by atoms with Gasteiger partial charge in [0.25, 0.3) is 5.91 Å². The number of carbonyl (C=O) groups excluding carboxylic acids is 1. The third kappa shape index (κ3) is 3.13. The molecular weight excluding hydrogens is 460 g/mol. The lowest BCUT2D eigenvalue weighted by Crippen LogP contribution is -2.30. The predicted molar refractivity (Wildman–Crippen MR) is 121 cm³/mol. The Morgan fingerprint density at radius 2 is 1.84 bits per heavy atom. The van der Waals surface area contributed by atoms with Gasteiger partial charge in [0.1, 0.15) is 17.2 Å². The van der Waals surface area contributed by atoms with Gasteiger partial charge in [-0.1, -0.05) is 28.1 Å². The largest absolute Gasteiger partial charge is 0.497 e. The molecule has 7 heteroatoms. The fraction of sp³-hybridized carbons (Fsp3) is 0.125. The third-order valence-corrected chi connectivity index (χ3v) is 5.90. The van der Waals surface area contributed by atoms with Gasteiger partial charge in [0.05, 0.1) is 24.1 Å². The van der Waals surface area contributed by atoms with Crippen LogP contribution in [-0.4, -0.2) is 18.0 Å². The van der Waals surface area contributed by atoms with Crippen molar-refractivity contribution < 1.29 is 13.9 Å². The Hall–Kier alpha value is -3.45. The zero-order chi connectivity index (χ0) is 21.7. The summed E-state index contributed by atoms with van der Waals surface area (Å²) < 4.78 is 12.0. The van der Waals surface area contributed by atoms with Crippen molar-refractivity contribution in [2.45, 2.75) is 13.0 Å². The van der Waals surface area contributed by atoms with Crippen LogP contribution in [0.3, 0.4) is 0 Å². The van der Waals surface area contributed by atoms with Crippen LogP contribution in [-0.2, 0) is 0 Å². The van der Waals surface area contributed by atoms with Gasteiger partial charge in [-0.15, -0.1) is 0 Å². The van der Waals surface area contributed by atoms with Crippen molar-refractivity contribution in [2.75, 3.05) is 12.0 Å². The first-order chi connectivity index (χ1) is 15.0. The number of hydrogen-bond acceptors (Lipinski definition) is 5. The van der Waals surface area contributed by atoms with E-state index < -0.39 is 11.9 Å². The van der Waals surface area contributed by atoms with E-state index in [0.29, 0.717) is 28.1 Å². The van der Waals surface area contributed by atoms with Gasteiger partial charge >= 0.3 is 0 Å². The quantitative estimate of drug-likeness (QED) is 0.415. The van der Waals surface area contributed by atoms with Crippen LogP contribution in [0.1, 0.15) is 33.3 Å². The summed E-state index contributed by atoms with van der Waals surface area (Å²) in [6.45, 7) is 1.93. The summed E-state index contributed by atoms with van der Waals surface area (Å²) in [6.07, 6.45) is 1.65. The Labute approximate surface area is 186 Å². The van der Waals surface area contributed by atoms with Crippen molar-refractivity contribution in [1.82, 2.24) is 4.98 Å². The molecule has 1 atom stereocenters. The third-order valence-electron chi connectivity index (χ3n) is 5.41. The van der Waals surface area contributed by atoms with Gasteiger partial charge < -0.3 is 9.15 Å². The highest BCUT2D eigenvalue weighted by molar-refractivity contribution is 9.10. The number of anilines is 1. The molecule has 0 saturated heterocycles. The summed E-state index contributed by atoms with van der Waals surface area (Å²) in [5, 5.41) is 0.415. The van der Waals surface area contributed by atoms with Gasteiger partial charge in [-0.2, -0.15) is 0 Å². The molecule has 1 unspecified atom stereocenters. The van der Waals surface area contributed by atoms with E-state index in [-0.39, 0.29) is 11.2 Å². The monoisotopic (exact) mass is 476 g/mol. The fourth-order valence-electron chi connectivity index (χ4n) is 3.93. The molecule has 1 aliphatic heterocycles. The topological polar surface area (TPSA) is 72.6 Å². The van der Waals surface area contributed by atoms with Crippen LogP contribution in [0.4, 0.5) is 5.82 Å². The minimum Gasteiger partial charge on any atom is -0.497 e. The van der Waals surface area contributed by atoms with E-state index >= 15 is 0 Å². The molecule has 31 heavy (non-hydrogen) atoms. The van der Waals surface area contributed by atoms with Gasteiger partial charge in [-0.3, -0.25) is 14.5 Å². The SMILES string of the molecule is COc1ccc(C2c3c(oc4ccc(Br)cc4c3=O)C(=O)N2c2cc(C)ccn2)cc1. The van der Waals surface area contributed by atoms with E-state index in [1.54, 1.807) is 43.6 Å². The highest BCUT2D eigenvalue weighted by atomic mass is 79.9. The number of ether oxygens (including phenoxy) is 1. The molecule has 0 bridgehead atoms. The summed E-state index contributed by atoms with van der Waals surface area (Å²) in [6, 6.07) is 15.5. The molecule has 1 aliphatic rings. The van der Waals surface area contributed by atoms with E-state index in [0.717, 1.165) is 15.6 Å². The summed E-state index contributed by atoms with van der Waals surface area (Å²) in [4.78, 5) is 33.0. The number of nitrogens with zero attached hydrogens (tertiary/aromatic N) is 2. The Bertz CT molecular complexity index is 1400. The molecule has 2 aromatic heterocycles. The van der Waals surface area contributed by atoms with Gasteiger partial charge in [-0.25, -0.2) is 4.98 Å². The zero-order valence-electron chi connectivity index (χ0n) is 16.8. The number of aryl methyl sites for hydroxylation is 1. The van der Waals surface area contributed by atoms with Crippen LogP contribution in [0.5, 0.6) is 5.75 Å². The van der Waals surface area contributed by atoms with Gasteiger partial charge in [0.2, 0.25) is 5.76 Å². The van der Waals surface area contributed by atoms with Gasteiger partial charge in [0, 0.05) is 10.7 Å². The average Bonchev–Trinajstić information content (AvgIpc) is 3.07. The Balaban J connectivity index is 1.80. The van der Waals surface area contributed by atoms with Crippen LogP contribution in [0.15, 0.2) is 74.5 Å². The molecule has 0 aliphatic carbocycles. The molecule has 0 spiro atoms. The lowest BCUT2D eigenvalue weighted by atomic mass is 9.98. The number of benzene rings is 2. The highest BCUT2D eigenvalue weighted by Crippen LogP contribution is 2.41. The minimum atomic E-state index is -0.665. The van der Waals surface area contributed by atoms with Crippen LogP contribution in [0, 0.1) is 6.92 Å². The zero-order valence-corrected chi connectivity index (χ0v) is 18.3. The maximum atomic E-state index is 13.6. The average molecular weight is 477 g/mol. The van der Waals surface area contributed by atoms with E-state index in [9.17, 15) is 9.59 Å². The molecule has 1 amide bonds. The molecule has 0 radical (unpaired) electrons. The number of aromatic nitrogens is 1. The first-order valence-electron chi connectivity index (χ1n) is 9.64. The second-order valence-electron chi connectivity index (χ2n) is 7.36. The smallest absolute Gasteiger partial charge is 0.296 e. The van der Waals surface area contributed by atoms with E-state index in [1.807, 2.05) is 31.2 Å². The Kier molecular flexibility index (Phi) is 4.63. The molecule has 3 heterocycles. The first-order valence-corrected chi connectivity index (χ1v) is 10.4. The predicted octanol–water partition coefficient (Wildman–Crippen LogP) is 5.02. The van der Waals surface area contributed by atoms with Crippen molar-refractivity contribution in [3.63, 3.8) is 0 Å². The standard InChI is InChI=1S/C24H17BrN2O4/c1-13-9-10-26-19(11-13)27-21(14-3-6-16(30-2)7-4-14)20-22(28)17-12-15(25)5-8-18(17)31-23(20)24(27)29/h3-12,21H,1-2H3. The first kappa shape index (κ1) is 19.5. The number of carbonyl (C=O) groups is 1. The molecule has 0 saturated carbocycles. The molecule has 4 aromatic rings. The number of halogens is 1. The van der Waals surface area contributed by atoms with E-state index in [2.05, 4.69) is 20.9 Å². The van der Waals surface area contributed by atoms with Crippen LogP contribution in [0.2, 0.25) is 0 Å². The molecule has 5 rings (SSSR count). The summed E-state index contributed by atoms with van der Waals surface area (Å²) in [5.74, 6) is 0.796. The summed E-state index contributed by atoms with van der Waals surface area (Å²) in [5.41, 5.74) is 2.16. The fourth-order valence-corrected chi connectivity index (χ4v) is 4.30. The Morgan fingerprint density at radius 1 is 1.06 bits per heavy atom. The van der Waals surface area contributed by atoms with Crippen molar-refractivity contribution >= 4 is 38.6 Å². The normalized spacial score (nSPS) is 15.4. The minimum absolute atomic E-state index is 0.0453. The summed E-state index contributed by atoms with van der Waals surface area (Å²) >= 11 is 3.41. The van der Waals surface area contributed by atoms with Crippen LogP contribution >= 0.6 is 15.9 Å². The number of fused-ring (bicyclic) bond motifs is 2. The van der Waals surface area contributed by atoms with Crippen molar-refractivity contribution in [2.24, 2.45) is 0 Å². The van der Waals surface area contributed by atoms with Crippen LogP contribution in [0.25, 0.3) is 11.0 Å². The second kappa shape index (κ2) is 7.35. The lowest BCUT2D eigenvalue weighted by molar-refractivity contribution is 0.0970. The molecule has 6 nitrogen and oxygen atoms in total. The Morgan fingerprint density at radius 3 is 2.55 bits per heavy atom. The molecule has 0 fully saturated rings. The van der Waals surface area contributed by atoms with Gasteiger partial charge in [-0.05, 0) is 60.5 Å². The van der Waals surface area contributed by atoms with Crippen LogP contribution < -0.4 is 15.1 Å². The number of amides is 1. The lowest BCUT2D eigenvalue weighted by Gasteiger charge is -2.24. The molecular formula is C24H17BrN2O4.